The number of aromatic nitrogens is 1. The highest BCUT2D eigenvalue weighted by atomic mass is 16.5. The Labute approximate surface area is 98.6 Å². The highest BCUT2D eigenvalue weighted by molar-refractivity contribution is 5.55. The summed E-state index contributed by atoms with van der Waals surface area (Å²) in [6.45, 7) is 1.85. The van der Waals surface area contributed by atoms with Crippen LogP contribution in [-0.2, 0) is 4.79 Å². The number of carbonyl (C=O) groups excluding carboxylic acids is 1. The van der Waals surface area contributed by atoms with Crippen LogP contribution in [0.15, 0.2) is 47.7 Å². The van der Waals surface area contributed by atoms with Crippen LogP contribution >= 0.6 is 0 Å². The highest BCUT2D eigenvalue weighted by Gasteiger charge is 2.01. The van der Waals surface area contributed by atoms with Gasteiger partial charge in [-0.1, -0.05) is 0 Å². The average molecular weight is 226 g/mol. The van der Waals surface area contributed by atoms with Gasteiger partial charge in [-0.25, -0.2) is 4.79 Å². The van der Waals surface area contributed by atoms with E-state index in [4.69, 9.17) is 4.74 Å². The zero-order valence-electron chi connectivity index (χ0n) is 9.25. The van der Waals surface area contributed by atoms with Gasteiger partial charge in [0.05, 0.1) is 11.9 Å². The van der Waals surface area contributed by atoms with E-state index >= 15 is 0 Å². The molecule has 0 saturated heterocycles. The molecule has 2 rings (SSSR count). The lowest BCUT2D eigenvalue weighted by molar-refractivity contribution is 0.480. The fourth-order valence-electron chi connectivity index (χ4n) is 1.41. The smallest absolute Gasteiger partial charge is 0.240 e. The molecule has 17 heavy (non-hydrogen) atoms. The molecule has 4 nitrogen and oxygen atoms in total. The molecular formula is C13H10N2O2. The van der Waals surface area contributed by atoms with E-state index in [1.165, 1.54) is 6.08 Å². The summed E-state index contributed by atoms with van der Waals surface area (Å²) in [4.78, 5) is 17.7. The summed E-state index contributed by atoms with van der Waals surface area (Å²) in [5.74, 6) is 1.35. The van der Waals surface area contributed by atoms with Crippen molar-refractivity contribution in [1.82, 2.24) is 4.98 Å². The van der Waals surface area contributed by atoms with Crippen LogP contribution in [0.4, 0.5) is 5.69 Å². The van der Waals surface area contributed by atoms with Crippen molar-refractivity contribution in [2.75, 3.05) is 0 Å². The molecule has 0 radical (unpaired) electrons. The topological polar surface area (TPSA) is 51.6 Å². The van der Waals surface area contributed by atoms with E-state index < -0.39 is 0 Å². The van der Waals surface area contributed by atoms with Crippen molar-refractivity contribution in [3.05, 3.63) is 48.3 Å². The zero-order chi connectivity index (χ0) is 12.1. The van der Waals surface area contributed by atoms with Crippen LogP contribution in [0.1, 0.15) is 5.56 Å². The minimum atomic E-state index is 0.596. The minimum Gasteiger partial charge on any atom is -0.456 e. The van der Waals surface area contributed by atoms with Gasteiger partial charge in [-0.2, -0.15) is 4.99 Å². The summed E-state index contributed by atoms with van der Waals surface area (Å²) >= 11 is 0. The number of aryl methyl sites for hydroxylation is 1. The quantitative estimate of drug-likeness (QED) is 0.596. The maximum Gasteiger partial charge on any atom is 0.240 e. The van der Waals surface area contributed by atoms with Gasteiger partial charge in [0, 0.05) is 6.20 Å². The monoisotopic (exact) mass is 226 g/mol. The first kappa shape index (κ1) is 11.0. The van der Waals surface area contributed by atoms with Gasteiger partial charge in [0.15, 0.2) is 0 Å². The van der Waals surface area contributed by atoms with Crippen LogP contribution in [0.5, 0.6) is 11.5 Å². The molecule has 0 aliphatic rings. The van der Waals surface area contributed by atoms with Gasteiger partial charge in [0.1, 0.15) is 11.5 Å². The summed E-state index contributed by atoms with van der Waals surface area (Å²) in [7, 11) is 0. The maximum atomic E-state index is 10.2. The van der Waals surface area contributed by atoms with Crippen molar-refractivity contribution in [3.8, 4) is 11.5 Å². The molecule has 0 aliphatic carbocycles. The lowest BCUT2D eigenvalue weighted by Crippen LogP contribution is -1.85. The number of hydrogen-bond acceptors (Lipinski definition) is 4. The number of pyridine rings is 1. The standard InChI is InChI=1S/C13H10N2O2/c1-10-7-11(4-5-13(10)15-9-16)17-12-3-2-6-14-8-12/h2-8H,1H3. The lowest BCUT2D eigenvalue weighted by Gasteiger charge is -2.06. The molecule has 4 heteroatoms. The van der Waals surface area contributed by atoms with Crippen molar-refractivity contribution in [2.24, 2.45) is 4.99 Å². The Bertz CT molecular complexity index is 561. The van der Waals surface area contributed by atoms with Gasteiger partial charge in [-0.05, 0) is 42.8 Å². The van der Waals surface area contributed by atoms with Crippen LogP contribution in [0.25, 0.3) is 0 Å². The average Bonchev–Trinajstić information content (AvgIpc) is 2.34. The van der Waals surface area contributed by atoms with Gasteiger partial charge in [0.25, 0.3) is 0 Å². The van der Waals surface area contributed by atoms with Crippen LogP contribution < -0.4 is 4.74 Å². The number of rotatable bonds is 3. The molecule has 0 bridgehead atoms. The van der Waals surface area contributed by atoms with Gasteiger partial charge < -0.3 is 4.74 Å². The predicted octanol–water partition coefficient (Wildman–Crippen LogP) is 3.15. The first-order valence-corrected chi connectivity index (χ1v) is 5.06. The van der Waals surface area contributed by atoms with Crippen LogP contribution in [0.2, 0.25) is 0 Å². The molecule has 1 aromatic carbocycles. The third kappa shape index (κ3) is 2.77. The minimum absolute atomic E-state index is 0.596. The van der Waals surface area contributed by atoms with Crippen molar-refractivity contribution in [2.45, 2.75) is 6.92 Å². The van der Waals surface area contributed by atoms with Crippen molar-refractivity contribution in [3.63, 3.8) is 0 Å². The fraction of sp³-hybridized carbons (Fsp3) is 0.0769. The Morgan fingerprint density at radius 2 is 2.18 bits per heavy atom. The van der Waals surface area contributed by atoms with E-state index in [0.717, 1.165) is 5.56 Å². The summed E-state index contributed by atoms with van der Waals surface area (Å²) in [5, 5.41) is 0. The van der Waals surface area contributed by atoms with Crippen molar-refractivity contribution >= 4 is 11.8 Å². The molecule has 0 amide bonds. The lowest BCUT2D eigenvalue weighted by atomic mass is 10.2. The summed E-state index contributed by atoms with van der Waals surface area (Å²) < 4.78 is 5.59. The number of benzene rings is 1. The normalized spacial score (nSPS) is 9.47. The molecule has 0 N–H and O–H groups in total. The van der Waals surface area contributed by atoms with Gasteiger partial charge in [0.2, 0.25) is 6.08 Å². The number of hydrogen-bond donors (Lipinski definition) is 0. The Morgan fingerprint density at radius 1 is 1.29 bits per heavy atom. The van der Waals surface area contributed by atoms with Gasteiger partial charge in [-0.3, -0.25) is 4.98 Å². The zero-order valence-corrected chi connectivity index (χ0v) is 9.25. The first-order chi connectivity index (χ1) is 8.29. The largest absolute Gasteiger partial charge is 0.456 e. The second-order valence-electron chi connectivity index (χ2n) is 3.44. The molecule has 0 atom stereocenters. The summed E-state index contributed by atoms with van der Waals surface area (Å²) in [6.07, 6.45) is 4.83. The van der Waals surface area contributed by atoms with E-state index in [1.807, 2.05) is 19.1 Å². The fourth-order valence-corrected chi connectivity index (χ4v) is 1.41. The Morgan fingerprint density at radius 3 is 2.82 bits per heavy atom. The molecule has 0 fully saturated rings. The number of aliphatic imine (C=N–C) groups is 1. The van der Waals surface area contributed by atoms with E-state index in [2.05, 4.69) is 9.98 Å². The van der Waals surface area contributed by atoms with Crippen molar-refractivity contribution < 1.29 is 9.53 Å². The van der Waals surface area contributed by atoms with Crippen LogP contribution in [0, 0.1) is 6.92 Å². The molecule has 0 saturated carbocycles. The summed E-state index contributed by atoms with van der Waals surface area (Å²) in [6, 6.07) is 8.89. The molecule has 0 aliphatic heterocycles. The second-order valence-corrected chi connectivity index (χ2v) is 3.44. The molecule has 0 spiro atoms. The van der Waals surface area contributed by atoms with E-state index in [1.54, 1.807) is 30.6 Å². The number of isocyanates is 1. The number of nitrogens with zero attached hydrogens (tertiary/aromatic N) is 2. The first-order valence-electron chi connectivity index (χ1n) is 5.06. The predicted molar refractivity (Wildman–Crippen MR) is 63.3 cm³/mol. The van der Waals surface area contributed by atoms with Crippen LogP contribution in [0.3, 0.4) is 0 Å². The molecule has 1 aromatic heterocycles. The van der Waals surface area contributed by atoms with Gasteiger partial charge >= 0.3 is 0 Å². The Kier molecular flexibility index (Phi) is 3.28. The van der Waals surface area contributed by atoms with Crippen molar-refractivity contribution in [1.29, 1.82) is 0 Å². The molecular weight excluding hydrogens is 216 g/mol. The third-order valence-corrected chi connectivity index (χ3v) is 2.20. The second kappa shape index (κ2) is 5.05. The molecule has 2 aromatic rings. The Balaban J connectivity index is 2.24. The SMILES string of the molecule is Cc1cc(Oc2cccnc2)ccc1N=C=O. The molecule has 84 valence electrons. The van der Waals surface area contributed by atoms with Crippen LogP contribution in [-0.4, -0.2) is 11.1 Å². The van der Waals surface area contributed by atoms with E-state index in [0.29, 0.717) is 17.2 Å². The maximum absolute atomic E-state index is 10.2. The number of ether oxygens (including phenoxy) is 1. The Hall–Kier alpha value is -2.45. The highest BCUT2D eigenvalue weighted by Crippen LogP contribution is 2.26. The van der Waals surface area contributed by atoms with E-state index in [-0.39, 0.29) is 0 Å². The molecule has 0 unspecified atom stereocenters. The summed E-state index contributed by atoms with van der Waals surface area (Å²) in [5.41, 5.74) is 1.45. The third-order valence-electron chi connectivity index (χ3n) is 2.20. The van der Waals surface area contributed by atoms with Gasteiger partial charge in [-0.15, -0.1) is 0 Å². The molecule has 1 heterocycles. The van der Waals surface area contributed by atoms with E-state index in [9.17, 15) is 4.79 Å².